The van der Waals surface area contributed by atoms with Crippen molar-refractivity contribution in [2.45, 2.75) is 18.6 Å². The van der Waals surface area contributed by atoms with Crippen molar-refractivity contribution in [1.29, 1.82) is 0 Å². The Bertz CT molecular complexity index is 1120. The van der Waals surface area contributed by atoms with Crippen molar-refractivity contribution in [2.24, 2.45) is 0 Å². The number of halogens is 1. The molecule has 3 aromatic carbocycles. The summed E-state index contributed by atoms with van der Waals surface area (Å²) >= 11 is 5.99. The highest BCUT2D eigenvalue weighted by Gasteiger charge is 2.50. The maximum Gasteiger partial charge on any atom is 0.266 e. The van der Waals surface area contributed by atoms with Gasteiger partial charge in [0.15, 0.2) is 11.5 Å². The first-order valence-electron chi connectivity index (χ1n) is 10.4. The van der Waals surface area contributed by atoms with E-state index >= 15 is 0 Å². The molecule has 7 heteroatoms. The molecule has 0 spiro atoms. The number of methoxy groups -OCH3 is 1. The number of likely N-dealkylation sites (tertiary alicyclic amines) is 1. The molecule has 1 saturated heterocycles. The normalized spacial score (nSPS) is 18.9. The summed E-state index contributed by atoms with van der Waals surface area (Å²) in [4.78, 5) is 14.9. The third kappa shape index (κ3) is 3.94. The van der Waals surface area contributed by atoms with Crippen molar-refractivity contribution in [2.75, 3.05) is 20.4 Å². The topological polar surface area (TPSA) is 57.2 Å². The van der Waals surface area contributed by atoms with Crippen LogP contribution in [0, 0.1) is 0 Å². The molecule has 32 heavy (non-hydrogen) atoms. The van der Waals surface area contributed by atoms with Gasteiger partial charge in [-0.2, -0.15) is 0 Å². The van der Waals surface area contributed by atoms with Gasteiger partial charge in [0.1, 0.15) is 17.5 Å². The Hall–Kier alpha value is -3.38. The Kier molecular flexibility index (Phi) is 5.53. The maximum atomic E-state index is 13.1. The van der Waals surface area contributed by atoms with Crippen LogP contribution in [0.1, 0.15) is 17.2 Å². The molecule has 3 aromatic rings. The average Bonchev–Trinajstić information content (AvgIpc) is 3.29. The number of rotatable bonds is 7. The lowest BCUT2D eigenvalue weighted by Crippen LogP contribution is -2.61. The number of amides is 1. The fourth-order valence-electron chi connectivity index (χ4n) is 4.03. The SMILES string of the molecule is COc1ccc(O[C@@H]2C(=O)N(CCc3ccc(Cl)cc3)[C@@H]2c2ccc3c(c2)OCO3)cc1. The number of benzene rings is 3. The van der Waals surface area contributed by atoms with Gasteiger partial charge in [0, 0.05) is 11.6 Å². The van der Waals surface area contributed by atoms with Gasteiger partial charge in [-0.05, 0) is 66.1 Å². The number of nitrogens with zero attached hydrogens (tertiary/aromatic N) is 1. The first-order chi connectivity index (χ1) is 15.6. The molecule has 0 bridgehead atoms. The van der Waals surface area contributed by atoms with E-state index in [0.29, 0.717) is 28.8 Å². The predicted molar refractivity (Wildman–Crippen MR) is 120 cm³/mol. The summed E-state index contributed by atoms with van der Waals surface area (Å²) in [6.07, 6.45) is 0.105. The highest BCUT2D eigenvalue weighted by atomic mass is 35.5. The Labute approximate surface area is 191 Å². The Morgan fingerprint density at radius 1 is 0.969 bits per heavy atom. The van der Waals surface area contributed by atoms with Crippen LogP contribution in [0.3, 0.4) is 0 Å². The van der Waals surface area contributed by atoms with E-state index in [0.717, 1.165) is 23.3 Å². The average molecular weight is 452 g/mol. The van der Waals surface area contributed by atoms with Crippen LogP contribution in [0.15, 0.2) is 66.7 Å². The number of ether oxygens (including phenoxy) is 4. The summed E-state index contributed by atoms with van der Waals surface area (Å²) in [5.74, 6) is 2.70. The van der Waals surface area contributed by atoms with Crippen molar-refractivity contribution in [3.05, 3.63) is 82.9 Å². The molecule has 2 aliphatic rings. The zero-order valence-electron chi connectivity index (χ0n) is 17.5. The van der Waals surface area contributed by atoms with E-state index in [4.69, 9.17) is 30.5 Å². The highest BCUT2D eigenvalue weighted by molar-refractivity contribution is 6.30. The van der Waals surface area contributed by atoms with Gasteiger partial charge in [0.25, 0.3) is 5.91 Å². The lowest BCUT2D eigenvalue weighted by atomic mass is 9.89. The lowest BCUT2D eigenvalue weighted by Gasteiger charge is -2.47. The predicted octanol–water partition coefficient (Wildman–Crippen LogP) is 4.65. The smallest absolute Gasteiger partial charge is 0.266 e. The van der Waals surface area contributed by atoms with Gasteiger partial charge >= 0.3 is 0 Å². The van der Waals surface area contributed by atoms with Gasteiger partial charge in [-0.15, -0.1) is 0 Å². The van der Waals surface area contributed by atoms with Crippen LogP contribution in [0.25, 0.3) is 0 Å². The second-order valence-electron chi connectivity index (χ2n) is 7.68. The van der Waals surface area contributed by atoms with Crippen LogP contribution in [0.4, 0.5) is 0 Å². The number of carbonyl (C=O) groups is 1. The van der Waals surface area contributed by atoms with Gasteiger partial charge in [0.2, 0.25) is 12.9 Å². The van der Waals surface area contributed by atoms with Crippen molar-refractivity contribution >= 4 is 17.5 Å². The third-order valence-corrected chi connectivity index (χ3v) is 6.02. The summed E-state index contributed by atoms with van der Waals surface area (Å²) in [6.45, 7) is 0.774. The van der Waals surface area contributed by atoms with Crippen LogP contribution in [0.5, 0.6) is 23.0 Å². The van der Waals surface area contributed by atoms with Crippen LogP contribution >= 0.6 is 11.6 Å². The molecular weight excluding hydrogens is 430 g/mol. The van der Waals surface area contributed by atoms with Crippen molar-refractivity contribution in [3.8, 4) is 23.0 Å². The molecule has 164 valence electrons. The number of β-lactam (4-membered cyclic amide) rings is 1. The molecule has 1 fully saturated rings. The van der Waals surface area contributed by atoms with Gasteiger partial charge in [-0.1, -0.05) is 29.8 Å². The van der Waals surface area contributed by atoms with Crippen LogP contribution < -0.4 is 18.9 Å². The fraction of sp³-hybridized carbons (Fsp3) is 0.240. The zero-order chi connectivity index (χ0) is 22.1. The number of hydrogen-bond acceptors (Lipinski definition) is 5. The van der Waals surface area contributed by atoms with E-state index in [1.807, 2.05) is 59.5 Å². The standard InChI is InChI=1S/C25H22ClNO5/c1-29-19-7-9-20(10-8-19)32-24-23(17-4-11-21-22(14-17)31-15-30-21)27(25(24)28)13-12-16-2-5-18(26)6-3-16/h2-11,14,23-24H,12-13,15H2,1H3/t23-,24+/m1/s1. The Balaban J connectivity index is 1.38. The molecular formula is C25H22ClNO5. The molecule has 6 nitrogen and oxygen atoms in total. The van der Waals surface area contributed by atoms with Gasteiger partial charge in [-0.25, -0.2) is 0 Å². The molecule has 2 aliphatic heterocycles. The van der Waals surface area contributed by atoms with E-state index < -0.39 is 6.10 Å². The highest BCUT2D eigenvalue weighted by Crippen LogP contribution is 2.42. The molecule has 0 saturated carbocycles. The molecule has 0 aromatic heterocycles. The van der Waals surface area contributed by atoms with Crippen molar-refractivity contribution in [1.82, 2.24) is 4.90 Å². The second kappa shape index (κ2) is 8.63. The van der Waals surface area contributed by atoms with Crippen LogP contribution in [-0.2, 0) is 11.2 Å². The van der Waals surface area contributed by atoms with E-state index in [2.05, 4.69) is 0 Å². The molecule has 1 amide bonds. The minimum Gasteiger partial charge on any atom is -0.497 e. The second-order valence-corrected chi connectivity index (χ2v) is 8.12. The Morgan fingerprint density at radius 3 is 2.44 bits per heavy atom. The summed E-state index contributed by atoms with van der Waals surface area (Å²) in [5, 5.41) is 0.694. The summed E-state index contributed by atoms with van der Waals surface area (Å²) in [6, 6.07) is 20.5. The fourth-order valence-corrected chi connectivity index (χ4v) is 4.16. The molecule has 0 aliphatic carbocycles. The van der Waals surface area contributed by atoms with Gasteiger partial charge in [-0.3, -0.25) is 4.79 Å². The Morgan fingerprint density at radius 2 is 1.69 bits per heavy atom. The first-order valence-corrected chi connectivity index (χ1v) is 10.8. The zero-order valence-corrected chi connectivity index (χ0v) is 18.2. The first kappa shape index (κ1) is 20.5. The maximum absolute atomic E-state index is 13.1. The minimum absolute atomic E-state index is 0.0440. The van der Waals surface area contributed by atoms with Gasteiger partial charge < -0.3 is 23.8 Å². The van der Waals surface area contributed by atoms with E-state index in [1.165, 1.54) is 0 Å². The number of fused-ring (bicyclic) bond motifs is 1. The van der Waals surface area contributed by atoms with E-state index in [9.17, 15) is 4.79 Å². The largest absolute Gasteiger partial charge is 0.497 e. The van der Waals surface area contributed by atoms with Crippen molar-refractivity contribution < 1.29 is 23.7 Å². The third-order valence-electron chi connectivity index (χ3n) is 5.76. The van der Waals surface area contributed by atoms with Crippen LogP contribution in [-0.4, -0.2) is 37.4 Å². The monoisotopic (exact) mass is 451 g/mol. The van der Waals surface area contributed by atoms with E-state index in [1.54, 1.807) is 19.2 Å². The molecule has 0 radical (unpaired) electrons. The number of hydrogen-bond donors (Lipinski definition) is 0. The molecule has 0 N–H and O–H groups in total. The summed E-state index contributed by atoms with van der Waals surface area (Å²) in [5.41, 5.74) is 2.06. The van der Waals surface area contributed by atoms with Crippen LogP contribution in [0.2, 0.25) is 5.02 Å². The van der Waals surface area contributed by atoms with Crippen molar-refractivity contribution in [3.63, 3.8) is 0 Å². The van der Waals surface area contributed by atoms with Gasteiger partial charge in [0.05, 0.1) is 7.11 Å². The minimum atomic E-state index is -0.617. The number of carbonyl (C=O) groups excluding carboxylic acids is 1. The molecule has 2 atom stereocenters. The molecule has 2 heterocycles. The molecule has 0 unspecified atom stereocenters. The lowest BCUT2D eigenvalue weighted by molar-refractivity contribution is -0.164. The summed E-state index contributed by atoms with van der Waals surface area (Å²) < 4.78 is 22.3. The quantitative estimate of drug-likeness (QED) is 0.489. The molecule has 5 rings (SSSR count). The van der Waals surface area contributed by atoms with E-state index in [-0.39, 0.29) is 18.7 Å². The summed E-state index contributed by atoms with van der Waals surface area (Å²) in [7, 11) is 1.61.